The molecule has 1 aromatic rings. The third kappa shape index (κ3) is 4.07. The van der Waals surface area contributed by atoms with Gasteiger partial charge in [-0.05, 0) is 20.8 Å². The maximum absolute atomic E-state index is 11.7. The summed E-state index contributed by atoms with van der Waals surface area (Å²) in [5.41, 5.74) is 5.94. The summed E-state index contributed by atoms with van der Waals surface area (Å²) in [5, 5.41) is 3.86. The van der Waals surface area contributed by atoms with Crippen molar-refractivity contribution in [1.29, 1.82) is 0 Å². The number of ether oxygens (including phenoxy) is 2. The predicted octanol–water partition coefficient (Wildman–Crippen LogP) is 0.974. The van der Waals surface area contributed by atoms with E-state index in [1.165, 1.54) is 10.9 Å². The van der Waals surface area contributed by atoms with Crippen LogP contribution in [0.2, 0.25) is 0 Å². The van der Waals surface area contributed by atoms with Crippen molar-refractivity contribution < 1.29 is 14.3 Å². The van der Waals surface area contributed by atoms with Gasteiger partial charge in [-0.2, -0.15) is 5.10 Å². The monoisotopic (exact) mass is 241 g/mol. The fraction of sp³-hybridized carbons (Fsp3) is 0.636. The van der Waals surface area contributed by atoms with Gasteiger partial charge in [-0.15, -0.1) is 0 Å². The molecule has 0 aliphatic rings. The van der Waals surface area contributed by atoms with E-state index in [0.29, 0.717) is 12.3 Å². The number of carbonyl (C=O) groups is 1. The van der Waals surface area contributed by atoms with E-state index in [-0.39, 0.29) is 17.9 Å². The lowest BCUT2D eigenvalue weighted by molar-refractivity contribution is -0.0284. The first-order chi connectivity index (χ1) is 7.81. The summed E-state index contributed by atoms with van der Waals surface area (Å²) < 4.78 is 11.9. The molecule has 1 rings (SSSR count). The van der Waals surface area contributed by atoms with Gasteiger partial charge in [0.1, 0.15) is 6.61 Å². The van der Waals surface area contributed by atoms with Gasteiger partial charge in [0, 0.05) is 7.05 Å². The largest absolute Gasteiger partial charge is 0.458 e. The summed E-state index contributed by atoms with van der Waals surface area (Å²) in [6.45, 7) is 6.36. The SMILES string of the molecule is Cn1ncc(N)c1C(=O)OCCOC(C)(C)C. The minimum Gasteiger partial charge on any atom is -0.458 e. The van der Waals surface area contributed by atoms with Gasteiger partial charge < -0.3 is 15.2 Å². The summed E-state index contributed by atoms with van der Waals surface area (Å²) in [5.74, 6) is -0.486. The highest BCUT2D eigenvalue weighted by molar-refractivity contribution is 5.92. The standard InChI is InChI=1S/C11H19N3O3/c1-11(2,3)17-6-5-16-10(15)9-8(12)7-13-14(9)4/h7H,5-6,12H2,1-4H3. The Morgan fingerprint density at radius 1 is 1.47 bits per heavy atom. The first-order valence-electron chi connectivity index (χ1n) is 5.40. The van der Waals surface area contributed by atoms with Crippen molar-refractivity contribution in [2.45, 2.75) is 26.4 Å². The van der Waals surface area contributed by atoms with Gasteiger partial charge >= 0.3 is 5.97 Å². The predicted molar refractivity (Wildman–Crippen MR) is 63.6 cm³/mol. The number of esters is 1. The highest BCUT2D eigenvalue weighted by Gasteiger charge is 2.17. The first-order valence-corrected chi connectivity index (χ1v) is 5.40. The third-order valence-electron chi connectivity index (χ3n) is 2.01. The van der Waals surface area contributed by atoms with Crippen LogP contribution in [-0.2, 0) is 16.5 Å². The molecule has 0 saturated heterocycles. The molecule has 0 saturated carbocycles. The van der Waals surface area contributed by atoms with Crippen LogP contribution >= 0.6 is 0 Å². The number of nitrogen functional groups attached to an aromatic ring is 1. The maximum atomic E-state index is 11.7. The van der Waals surface area contributed by atoms with E-state index in [9.17, 15) is 4.79 Å². The van der Waals surface area contributed by atoms with Gasteiger partial charge in [0.25, 0.3) is 0 Å². The van der Waals surface area contributed by atoms with Crippen LogP contribution in [0.3, 0.4) is 0 Å². The van der Waals surface area contributed by atoms with E-state index in [4.69, 9.17) is 15.2 Å². The van der Waals surface area contributed by atoms with Gasteiger partial charge in [0.2, 0.25) is 0 Å². The van der Waals surface area contributed by atoms with Crippen LogP contribution in [0.25, 0.3) is 0 Å². The fourth-order valence-corrected chi connectivity index (χ4v) is 1.26. The van der Waals surface area contributed by atoms with E-state index in [1.54, 1.807) is 7.05 Å². The quantitative estimate of drug-likeness (QED) is 0.627. The Labute approximate surface area is 101 Å². The van der Waals surface area contributed by atoms with Crippen molar-refractivity contribution in [2.75, 3.05) is 18.9 Å². The van der Waals surface area contributed by atoms with Crippen LogP contribution in [0.1, 0.15) is 31.3 Å². The fourth-order valence-electron chi connectivity index (χ4n) is 1.26. The van der Waals surface area contributed by atoms with Gasteiger partial charge in [0.15, 0.2) is 5.69 Å². The molecule has 0 bridgehead atoms. The number of anilines is 1. The lowest BCUT2D eigenvalue weighted by Crippen LogP contribution is -2.23. The lowest BCUT2D eigenvalue weighted by atomic mass is 10.2. The molecule has 0 unspecified atom stereocenters. The minimum absolute atomic E-state index is 0.195. The molecule has 0 amide bonds. The second-order valence-electron chi connectivity index (χ2n) is 4.67. The van der Waals surface area contributed by atoms with Crippen LogP contribution in [0, 0.1) is 0 Å². The molecule has 1 aromatic heterocycles. The summed E-state index contributed by atoms with van der Waals surface area (Å²) in [7, 11) is 1.64. The molecule has 1 heterocycles. The summed E-state index contributed by atoms with van der Waals surface area (Å²) in [6, 6.07) is 0. The van der Waals surface area contributed by atoms with Crippen molar-refractivity contribution in [3.63, 3.8) is 0 Å². The zero-order valence-corrected chi connectivity index (χ0v) is 10.7. The topological polar surface area (TPSA) is 79.4 Å². The molecule has 2 N–H and O–H groups in total. The van der Waals surface area contributed by atoms with Crippen LogP contribution < -0.4 is 5.73 Å². The van der Waals surface area contributed by atoms with Gasteiger partial charge in [-0.3, -0.25) is 4.68 Å². The highest BCUT2D eigenvalue weighted by atomic mass is 16.6. The number of hydrogen-bond acceptors (Lipinski definition) is 5. The number of rotatable bonds is 4. The highest BCUT2D eigenvalue weighted by Crippen LogP contribution is 2.11. The zero-order chi connectivity index (χ0) is 13.1. The van der Waals surface area contributed by atoms with Crippen LogP contribution in [0.4, 0.5) is 5.69 Å². The third-order valence-corrected chi connectivity index (χ3v) is 2.01. The van der Waals surface area contributed by atoms with Gasteiger partial charge in [0.05, 0.1) is 24.1 Å². The Morgan fingerprint density at radius 2 is 2.12 bits per heavy atom. The molecule has 0 atom stereocenters. The average Bonchev–Trinajstić information content (AvgIpc) is 2.52. The van der Waals surface area contributed by atoms with Crippen molar-refractivity contribution in [3.8, 4) is 0 Å². The van der Waals surface area contributed by atoms with Crippen LogP contribution in [-0.4, -0.2) is 34.6 Å². The van der Waals surface area contributed by atoms with Crippen LogP contribution in [0.15, 0.2) is 6.20 Å². The van der Waals surface area contributed by atoms with Crippen LogP contribution in [0.5, 0.6) is 0 Å². The Kier molecular flexibility index (Phi) is 4.11. The maximum Gasteiger partial charge on any atom is 0.358 e. The number of nitrogens with zero attached hydrogens (tertiary/aromatic N) is 2. The summed E-state index contributed by atoms with van der Waals surface area (Å²) in [4.78, 5) is 11.7. The molecule has 6 nitrogen and oxygen atoms in total. The van der Waals surface area contributed by atoms with E-state index in [1.807, 2.05) is 20.8 Å². The number of hydrogen-bond donors (Lipinski definition) is 1. The number of aryl methyl sites for hydroxylation is 1. The van der Waals surface area contributed by atoms with E-state index in [0.717, 1.165) is 0 Å². The number of aromatic nitrogens is 2. The molecule has 0 spiro atoms. The van der Waals surface area contributed by atoms with Gasteiger partial charge in [-0.1, -0.05) is 0 Å². The minimum atomic E-state index is -0.486. The van der Waals surface area contributed by atoms with Crippen molar-refractivity contribution in [2.24, 2.45) is 7.05 Å². The molecule has 96 valence electrons. The second kappa shape index (κ2) is 5.18. The van der Waals surface area contributed by atoms with E-state index >= 15 is 0 Å². The van der Waals surface area contributed by atoms with Gasteiger partial charge in [-0.25, -0.2) is 4.79 Å². The van der Waals surface area contributed by atoms with Crippen molar-refractivity contribution >= 4 is 11.7 Å². The molecule has 6 heteroatoms. The Bertz CT molecular complexity index is 374. The molecule has 0 aliphatic carbocycles. The Morgan fingerprint density at radius 3 is 2.59 bits per heavy atom. The Hall–Kier alpha value is -1.56. The smallest absolute Gasteiger partial charge is 0.358 e. The summed E-state index contributed by atoms with van der Waals surface area (Å²) >= 11 is 0. The van der Waals surface area contributed by atoms with Crippen molar-refractivity contribution in [3.05, 3.63) is 11.9 Å². The number of carbonyl (C=O) groups excluding carboxylic acids is 1. The molecular formula is C11H19N3O3. The van der Waals surface area contributed by atoms with E-state index < -0.39 is 5.97 Å². The zero-order valence-electron chi connectivity index (χ0n) is 10.7. The molecule has 0 fully saturated rings. The Balaban J connectivity index is 2.41. The van der Waals surface area contributed by atoms with Crippen molar-refractivity contribution in [1.82, 2.24) is 9.78 Å². The second-order valence-corrected chi connectivity index (χ2v) is 4.67. The normalized spacial score (nSPS) is 11.5. The molecule has 0 aromatic carbocycles. The molecule has 0 aliphatic heterocycles. The lowest BCUT2D eigenvalue weighted by Gasteiger charge is -2.19. The van der Waals surface area contributed by atoms with E-state index in [2.05, 4.69) is 5.10 Å². The molecule has 17 heavy (non-hydrogen) atoms. The average molecular weight is 241 g/mol. The first kappa shape index (κ1) is 13.5. The number of nitrogens with two attached hydrogens (primary N) is 1. The molecule has 0 radical (unpaired) electrons. The summed E-state index contributed by atoms with van der Waals surface area (Å²) in [6.07, 6.45) is 1.42. The molecular weight excluding hydrogens is 222 g/mol.